The summed E-state index contributed by atoms with van der Waals surface area (Å²) in [6.45, 7) is 3.30. The largest absolute Gasteiger partial charge is 0.337 e. The van der Waals surface area contributed by atoms with Gasteiger partial charge in [0.2, 0.25) is 0 Å². The second kappa shape index (κ2) is 7.75. The summed E-state index contributed by atoms with van der Waals surface area (Å²) in [6.07, 6.45) is 0.958. The molecular formula is C19H20N4O2S2. The summed E-state index contributed by atoms with van der Waals surface area (Å²) >= 11 is 2.72. The molecule has 0 atom stereocenters. The first-order valence-electron chi connectivity index (χ1n) is 8.84. The van der Waals surface area contributed by atoms with Crippen LogP contribution in [0, 0.1) is 0 Å². The Hall–Kier alpha value is -2.29. The molecule has 3 heterocycles. The fourth-order valence-corrected chi connectivity index (χ4v) is 4.76. The van der Waals surface area contributed by atoms with E-state index in [2.05, 4.69) is 22.2 Å². The van der Waals surface area contributed by atoms with Crippen LogP contribution in [-0.2, 0) is 0 Å². The Bertz CT molecular complexity index is 948. The van der Waals surface area contributed by atoms with Gasteiger partial charge < -0.3 is 15.1 Å². The zero-order valence-electron chi connectivity index (χ0n) is 15.0. The number of hydrogen-bond acceptors (Lipinski definition) is 6. The summed E-state index contributed by atoms with van der Waals surface area (Å²) in [5.41, 5.74) is 1.36. The van der Waals surface area contributed by atoms with Gasteiger partial charge in [0.15, 0.2) is 5.01 Å². The molecule has 140 valence electrons. The standard InChI is InChI=1S/C19H20N4O2S2/c1-22-8-4-9-23(11-10-22)19(25)13-7-12-26-17(13)21-16(24)18-20-14-5-2-3-6-15(14)27-18/h2-3,5-7,12H,4,8-11H2,1H3,(H,21,24). The molecule has 0 bridgehead atoms. The minimum atomic E-state index is -0.275. The van der Waals surface area contributed by atoms with Crippen LogP contribution in [0.25, 0.3) is 10.2 Å². The van der Waals surface area contributed by atoms with E-state index in [1.165, 1.54) is 22.7 Å². The van der Waals surface area contributed by atoms with Crippen molar-refractivity contribution >= 4 is 49.7 Å². The lowest BCUT2D eigenvalue weighted by molar-refractivity contribution is 0.0764. The number of amides is 2. The van der Waals surface area contributed by atoms with E-state index in [4.69, 9.17) is 0 Å². The maximum atomic E-state index is 12.9. The normalized spacial score (nSPS) is 15.7. The van der Waals surface area contributed by atoms with Crippen molar-refractivity contribution in [3.8, 4) is 0 Å². The average Bonchev–Trinajstić information content (AvgIpc) is 3.24. The van der Waals surface area contributed by atoms with Gasteiger partial charge in [0, 0.05) is 19.6 Å². The van der Waals surface area contributed by atoms with Crippen LogP contribution in [0.1, 0.15) is 26.6 Å². The lowest BCUT2D eigenvalue weighted by Crippen LogP contribution is -2.34. The lowest BCUT2D eigenvalue weighted by atomic mass is 10.2. The number of carbonyl (C=O) groups excluding carboxylic acids is 2. The zero-order chi connectivity index (χ0) is 18.8. The van der Waals surface area contributed by atoms with E-state index < -0.39 is 0 Å². The number of thiazole rings is 1. The van der Waals surface area contributed by atoms with Crippen molar-refractivity contribution in [1.82, 2.24) is 14.8 Å². The van der Waals surface area contributed by atoms with Gasteiger partial charge in [-0.15, -0.1) is 22.7 Å². The number of fused-ring (bicyclic) bond motifs is 1. The van der Waals surface area contributed by atoms with Gasteiger partial charge in [-0.1, -0.05) is 12.1 Å². The van der Waals surface area contributed by atoms with E-state index in [9.17, 15) is 9.59 Å². The van der Waals surface area contributed by atoms with Crippen LogP contribution in [0.5, 0.6) is 0 Å². The topological polar surface area (TPSA) is 65.5 Å². The molecule has 1 saturated heterocycles. The molecule has 1 aliphatic rings. The molecule has 0 unspecified atom stereocenters. The van der Waals surface area contributed by atoms with Crippen molar-refractivity contribution in [2.75, 3.05) is 38.5 Å². The number of thiophene rings is 1. The van der Waals surface area contributed by atoms with Crippen molar-refractivity contribution in [3.05, 3.63) is 46.3 Å². The molecule has 0 aliphatic carbocycles. The van der Waals surface area contributed by atoms with Crippen LogP contribution in [0.4, 0.5) is 5.00 Å². The molecule has 4 rings (SSSR count). The first-order chi connectivity index (χ1) is 13.1. The van der Waals surface area contributed by atoms with Crippen LogP contribution in [0.15, 0.2) is 35.7 Å². The van der Waals surface area contributed by atoms with Crippen LogP contribution in [0.3, 0.4) is 0 Å². The third-order valence-electron chi connectivity index (χ3n) is 4.62. The highest BCUT2D eigenvalue weighted by Crippen LogP contribution is 2.27. The van der Waals surface area contributed by atoms with Crippen molar-refractivity contribution in [3.63, 3.8) is 0 Å². The van der Waals surface area contributed by atoms with Crippen molar-refractivity contribution in [2.24, 2.45) is 0 Å². The predicted octanol–water partition coefficient (Wildman–Crippen LogP) is 3.39. The minimum Gasteiger partial charge on any atom is -0.337 e. The fraction of sp³-hybridized carbons (Fsp3) is 0.316. The number of benzene rings is 1. The molecule has 0 spiro atoms. The number of aromatic nitrogens is 1. The molecule has 2 amide bonds. The molecular weight excluding hydrogens is 380 g/mol. The van der Waals surface area contributed by atoms with Crippen molar-refractivity contribution in [1.29, 1.82) is 0 Å². The summed E-state index contributed by atoms with van der Waals surface area (Å²) in [5, 5.41) is 5.71. The second-order valence-electron chi connectivity index (χ2n) is 6.55. The van der Waals surface area contributed by atoms with Gasteiger partial charge in [-0.2, -0.15) is 0 Å². The van der Waals surface area contributed by atoms with Gasteiger partial charge in [0.25, 0.3) is 11.8 Å². The zero-order valence-corrected chi connectivity index (χ0v) is 16.6. The number of likely N-dealkylation sites (N-methyl/N-ethyl adjacent to an activating group) is 1. The SMILES string of the molecule is CN1CCCN(C(=O)c2ccsc2NC(=O)c2nc3ccccc3s2)CC1. The third kappa shape index (κ3) is 3.87. The smallest absolute Gasteiger partial charge is 0.285 e. The van der Waals surface area contributed by atoms with Gasteiger partial charge in [-0.05, 0) is 43.6 Å². The molecule has 0 saturated carbocycles. The lowest BCUT2D eigenvalue weighted by Gasteiger charge is -2.20. The Morgan fingerprint density at radius 1 is 1.11 bits per heavy atom. The van der Waals surface area contributed by atoms with Crippen LogP contribution in [0.2, 0.25) is 0 Å². The highest BCUT2D eigenvalue weighted by molar-refractivity contribution is 7.20. The molecule has 1 N–H and O–H groups in total. The Kier molecular flexibility index (Phi) is 5.20. The number of carbonyl (C=O) groups is 2. The summed E-state index contributed by atoms with van der Waals surface area (Å²) < 4.78 is 0.971. The Labute approximate surface area is 165 Å². The third-order valence-corrected chi connectivity index (χ3v) is 6.48. The van der Waals surface area contributed by atoms with Gasteiger partial charge >= 0.3 is 0 Å². The highest BCUT2D eigenvalue weighted by atomic mass is 32.1. The maximum absolute atomic E-state index is 12.9. The molecule has 0 radical (unpaired) electrons. The Balaban J connectivity index is 1.51. The predicted molar refractivity (Wildman–Crippen MR) is 110 cm³/mol. The van der Waals surface area contributed by atoms with Crippen LogP contribution in [-0.4, -0.2) is 59.8 Å². The Morgan fingerprint density at radius 3 is 2.81 bits per heavy atom. The average molecular weight is 401 g/mol. The van der Waals surface area contributed by atoms with E-state index in [-0.39, 0.29) is 11.8 Å². The quantitative estimate of drug-likeness (QED) is 0.732. The molecule has 6 nitrogen and oxygen atoms in total. The van der Waals surface area contributed by atoms with E-state index in [1.54, 1.807) is 6.07 Å². The van der Waals surface area contributed by atoms with Crippen molar-refractivity contribution in [2.45, 2.75) is 6.42 Å². The first-order valence-corrected chi connectivity index (χ1v) is 10.5. The highest BCUT2D eigenvalue weighted by Gasteiger charge is 2.23. The second-order valence-corrected chi connectivity index (χ2v) is 8.50. The number of anilines is 1. The first kappa shape index (κ1) is 18.1. The van der Waals surface area contributed by atoms with E-state index in [0.717, 1.165) is 36.3 Å². The molecule has 3 aromatic rings. The fourth-order valence-electron chi connectivity index (χ4n) is 3.12. The summed E-state index contributed by atoms with van der Waals surface area (Å²) in [7, 11) is 2.07. The molecule has 1 fully saturated rings. The molecule has 27 heavy (non-hydrogen) atoms. The van der Waals surface area contributed by atoms with E-state index >= 15 is 0 Å². The summed E-state index contributed by atoms with van der Waals surface area (Å²) in [5.74, 6) is -0.297. The number of rotatable bonds is 3. The van der Waals surface area contributed by atoms with Crippen molar-refractivity contribution < 1.29 is 9.59 Å². The van der Waals surface area contributed by atoms with Gasteiger partial charge in [0.05, 0.1) is 15.8 Å². The van der Waals surface area contributed by atoms with E-state index in [0.29, 0.717) is 22.1 Å². The molecule has 2 aromatic heterocycles. The van der Waals surface area contributed by atoms with Gasteiger partial charge in [0.1, 0.15) is 5.00 Å². The monoisotopic (exact) mass is 400 g/mol. The number of hydrogen-bond donors (Lipinski definition) is 1. The van der Waals surface area contributed by atoms with Crippen LogP contribution < -0.4 is 5.32 Å². The van der Waals surface area contributed by atoms with Gasteiger partial charge in [-0.3, -0.25) is 9.59 Å². The molecule has 8 heteroatoms. The summed E-state index contributed by atoms with van der Waals surface area (Å²) in [6, 6.07) is 9.45. The Morgan fingerprint density at radius 2 is 1.96 bits per heavy atom. The van der Waals surface area contributed by atoms with E-state index in [1.807, 2.05) is 34.5 Å². The maximum Gasteiger partial charge on any atom is 0.285 e. The number of para-hydroxylation sites is 1. The van der Waals surface area contributed by atoms with Gasteiger partial charge in [-0.25, -0.2) is 4.98 Å². The molecule has 1 aliphatic heterocycles. The number of nitrogens with one attached hydrogen (secondary N) is 1. The van der Waals surface area contributed by atoms with Crippen LogP contribution >= 0.6 is 22.7 Å². The number of nitrogens with zero attached hydrogens (tertiary/aromatic N) is 3. The minimum absolute atomic E-state index is 0.0221. The molecule has 1 aromatic carbocycles. The summed E-state index contributed by atoms with van der Waals surface area (Å²) in [4.78, 5) is 34.1.